The summed E-state index contributed by atoms with van der Waals surface area (Å²) in [6, 6.07) is 10.1. The van der Waals surface area contributed by atoms with Crippen LogP contribution in [0.15, 0.2) is 48.1 Å². The van der Waals surface area contributed by atoms with Crippen molar-refractivity contribution < 1.29 is 9.53 Å². The highest BCUT2D eigenvalue weighted by atomic mass is 32.1. The number of aromatic nitrogens is 2. The lowest BCUT2D eigenvalue weighted by Crippen LogP contribution is -2.46. The van der Waals surface area contributed by atoms with E-state index in [1.807, 2.05) is 52.2 Å². The smallest absolute Gasteiger partial charge is 0.228 e. The lowest BCUT2D eigenvalue weighted by Gasteiger charge is -2.37. The normalized spacial score (nSPS) is 21.3. The molecule has 1 aromatic carbocycles. The number of thiazole rings is 1. The van der Waals surface area contributed by atoms with Gasteiger partial charge in [0.1, 0.15) is 6.10 Å². The molecule has 0 N–H and O–H groups in total. The number of carbonyl (C=O) groups is 1. The Morgan fingerprint density at radius 3 is 2.96 bits per heavy atom. The first kappa shape index (κ1) is 15.4. The van der Waals surface area contributed by atoms with Crippen molar-refractivity contribution >= 4 is 22.2 Å². The maximum Gasteiger partial charge on any atom is 0.228 e. The highest BCUT2D eigenvalue weighted by Gasteiger charge is 2.29. The van der Waals surface area contributed by atoms with Gasteiger partial charge in [-0.25, -0.2) is 4.98 Å². The zero-order valence-corrected chi connectivity index (χ0v) is 14.3. The minimum Gasteiger partial charge on any atom is -0.367 e. The number of hydrogen-bond acceptors (Lipinski definition) is 4. The Kier molecular flexibility index (Phi) is 4.08. The van der Waals surface area contributed by atoms with Gasteiger partial charge < -0.3 is 9.64 Å². The van der Waals surface area contributed by atoms with Crippen LogP contribution in [-0.2, 0) is 16.0 Å². The third kappa shape index (κ3) is 3.07. The molecule has 1 aliphatic heterocycles. The highest BCUT2D eigenvalue weighted by molar-refractivity contribution is 7.15. The second-order valence-electron chi connectivity index (χ2n) is 6.15. The van der Waals surface area contributed by atoms with Gasteiger partial charge in [-0.3, -0.25) is 9.20 Å². The van der Waals surface area contributed by atoms with Crippen LogP contribution >= 0.6 is 11.3 Å². The molecule has 1 fully saturated rings. The minimum atomic E-state index is -0.0654. The summed E-state index contributed by atoms with van der Waals surface area (Å²) in [7, 11) is 0. The number of morpholine rings is 1. The molecule has 2 aromatic heterocycles. The van der Waals surface area contributed by atoms with Crippen molar-refractivity contribution in [3.63, 3.8) is 0 Å². The predicted molar refractivity (Wildman–Crippen MR) is 93.1 cm³/mol. The van der Waals surface area contributed by atoms with Crippen molar-refractivity contribution in [2.45, 2.75) is 25.6 Å². The number of fused-ring (bicyclic) bond motifs is 1. The predicted octanol–water partition coefficient (Wildman–Crippen LogP) is 2.93. The van der Waals surface area contributed by atoms with Crippen molar-refractivity contribution in [3.05, 3.63) is 59.4 Å². The lowest BCUT2D eigenvalue weighted by atomic mass is 10.1. The SMILES string of the molecule is C[C@@H]1CN(C(=O)Cc2cn3ccsc3n2)C[C@H](c2ccccc2)O1. The minimum absolute atomic E-state index is 0.0263. The first-order chi connectivity index (χ1) is 11.7. The fourth-order valence-corrected chi connectivity index (χ4v) is 3.85. The number of nitrogens with zero attached hydrogens (tertiary/aromatic N) is 3. The van der Waals surface area contributed by atoms with Gasteiger partial charge in [-0.05, 0) is 12.5 Å². The van der Waals surface area contributed by atoms with Crippen LogP contribution in [0.25, 0.3) is 4.96 Å². The monoisotopic (exact) mass is 341 g/mol. The van der Waals surface area contributed by atoms with E-state index in [4.69, 9.17) is 4.74 Å². The van der Waals surface area contributed by atoms with E-state index >= 15 is 0 Å². The van der Waals surface area contributed by atoms with Crippen molar-refractivity contribution in [3.8, 4) is 0 Å². The number of carbonyl (C=O) groups excluding carboxylic acids is 1. The molecule has 0 bridgehead atoms. The highest BCUT2D eigenvalue weighted by Crippen LogP contribution is 2.25. The van der Waals surface area contributed by atoms with Gasteiger partial charge >= 0.3 is 0 Å². The number of ether oxygens (including phenoxy) is 1. The van der Waals surface area contributed by atoms with Crippen LogP contribution < -0.4 is 0 Å². The van der Waals surface area contributed by atoms with E-state index < -0.39 is 0 Å². The van der Waals surface area contributed by atoms with Gasteiger partial charge in [-0.15, -0.1) is 11.3 Å². The van der Waals surface area contributed by atoms with Crippen molar-refractivity contribution in [2.24, 2.45) is 0 Å². The van der Waals surface area contributed by atoms with Crippen LogP contribution in [0, 0.1) is 0 Å². The van der Waals surface area contributed by atoms with Gasteiger partial charge in [-0.2, -0.15) is 0 Å². The molecule has 1 aliphatic rings. The van der Waals surface area contributed by atoms with Crippen LogP contribution in [0.3, 0.4) is 0 Å². The Hall–Kier alpha value is -2.18. The maximum atomic E-state index is 12.7. The van der Waals surface area contributed by atoms with E-state index in [0.29, 0.717) is 19.5 Å². The molecule has 4 rings (SSSR count). The number of imidazole rings is 1. The first-order valence-electron chi connectivity index (χ1n) is 8.08. The Balaban J connectivity index is 1.47. The molecular formula is C18H19N3O2S. The van der Waals surface area contributed by atoms with Gasteiger partial charge in [0, 0.05) is 24.3 Å². The molecular weight excluding hydrogens is 322 g/mol. The molecule has 0 saturated carbocycles. The average Bonchev–Trinajstić information content (AvgIpc) is 3.16. The second kappa shape index (κ2) is 6.37. The maximum absolute atomic E-state index is 12.7. The molecule has 5 nitrogen and oxygen atoms in total. The second-order valence-corrected chi connectivity index (χ2v) is 7.02. The summed E-state index contributed by atoms with van der Waals surface area (Å²) in [5, 5.41) is 1.99. The third-order valence-electron chi connectivity index (χ3n) is 4.26. The molecule has 1 saturated heterocycles. The molecule has 6 heteroatoms. The fraction of sp³-hybridized carbons (Fsp3) is 0.333. The fourth-order valence-electron chi connectivity index (χ4n) is 3.13. The number of hydrogen-bond donors (Lipinski definition) is 0. The molecule has 3 aromatic rings. The topological polar surface area (TPSA) is 46.8 Å². The summed E-state index contributed by atoms with van der Waals surface area (Å²) < 4.78 is 7.99. The van der Waals surface area contributed by atoms with E-state index in [0.717, 1.165) is 16.2 Å². The molecule has 0 aliphatic carbocycles. The van der Waals surface area contributed by atoms with Gasteiger partial charge in [-0.1, -0.05) is 30.3 Å². The summed E-state index contributed by atoms with van der Waals surface area (Å²) in [4.78, 5) is 20.0. The Bertz CT molecular complexity index is 814. The van der Waals surface area contributed by atoms with E-state index in [9.17, 15) is 4.79 Å². The van der Waals surface area contributed by atoms with Crippen LogP contribution in [0.1, 0.15) is 24.3 Å². The van der Waals surface area contributed by atoms with Crippen LogP contribution in [0.2, 0.25) is 0 Å². The molecule has 3 heterocycles. The van der Waals surface area contributed by atoms with Gasteiger partial charge in [0.2, 0.25) is 5.91 Å². The van der Waals surface area contributed by atoms with Crippen LogP contribution in [-0.4, -0.2) is 39.4 Å². The summed E-state index contributed by atoms with van der Waals surface area (Å²) in [6.45, 7) is 3.24. The van der Waals surface area contributed by atoms with Crippen molar-refractivity contribution in [1.82, 2.24) is 14.3 Å². The first-order valence-corrected chi connectivity index (χ1v) is 8.96. The van der Waals surface area contributed by atoms with E-state index in [-0.39, 0.29) is 18.1 Å². The average molecular weight is 341 g/mol. The number of amides is 1. The molecule has 2 atom stereocenters. The summed E-state index contributed by atoms with van der Waals surface area (Å²) in [6.07, 6.45) is 4.19. The number of benzene rings is 1. The third-order valence-corrected chi connectivity index (χ3v) is 5.03. The largest absolute Gasteiger partial charge is 0.367 e. The van der Waals surface area contributed by atoms with Crippen LogP contribution in [0.5, 0.6) is 0 Å². The van der Waals surface area contributed by atoms with Crippen molar-refractivity contribution in [1.29, 1.82) is 0 Å². The molecule has 0 radical (unpaired) electrons. The van der Waals surface area contributed by atoms with E-state index in [1.165, 1.54) is 0 Å². The zero-order valence-electron chi connectivity index (χ0n) is 13.5. The molecule has 1 amide bonds. The Morgan fingerprint density at radius 1 is 1.33 bits per heavy atom. The Morgan fingerprint density at radius 2 is 2.17 bits per heavy atom. The molecule has 0 spiro atoms. The van der Waals surface area contributed by atoms with E-state index in [1.54, 1.807) is 11.3 Å². The Labute approximate surface area is 144 Å². The molecule has 124 valence electrons. The summed E-state index contributed by atoms with van der Waals surface area (Å²) in [5.41, 5.74) is 1.94. The van der Waals surface area contributed by atoms with Crippen LogP contribution in [0.4, 0.5) is 0 Å². The quantitative estimate of drug-likeness (QED) is 0.736. The zero-order chi connectivity index (χ0) is 16.5. The summed E-state index contributed by atoms with van der Waals surface area (Å²) >= 11 is 1.58. The van der Waals surface area contributed by atoms with Crippen molar-refractivity contribution in [2.75, 3.05) is 13.1 Å². The van der Waals surface area contributed by atoms with Gasteiger partial charge in [0.25, 0.3) is 0 Å². The molecule has 0 unspecified atom stereocenters. The molecule has 24 heavy (non-hydrogen) atoms. The summed E-state index contributed by atoms with van der Waals surface area (Å²) in [5.74, 6) is 0.108. The van der Waals surface area contributed by atoms with Gasteiger partial charge in [0.15, 0.2) is 4.96 Å². The number of rotatable bonds is 3. The standard InChI is InChI=1S/C18H19N3O2S/c1-13-10-21(12-16(23-13)14-5-3-2-4-6-14)17(22)9-15-11-20-7-8-24-18(20)19-15/h2-8,11,13,16H,9-10,12H2,1H3/t13-,16-/m1/s1. The van der Waals surface area contributed by atoms with E-state index in [2.05, 4.69) is 17.1 Å². The van der Waals surface area contributed by atoms with Gasteiger partial charge in [0.05, 0.1) is 24.8 Å². The lowest BCUT2D eigenvalue weighted by molar-refractivity contribution is -0.144.